The highest BCUT2D eigenvalue weighted by atomic mass is 35.7. The van der Waals surface area contributed by atoms with Crippen LogP contribution < -0.4 is 0 Å². The largest absolute Gasteiger partial charge is 0.460 e. The molecule has 0 fully saturated rings. The number of hydrogen-bond donors (Lipinski definition) is 0. The first-order valence-corrected chi connectivity index (χ1v) is 7.96. The Hall–Kier alpha value is -1.79. The number of benzene rings is 1. The van der Waals surface area contributed by atoms with E-state index in [-0.39, 0.29) is 10.7 Å². The van der Waals surface area contributed by atoms with Crippen LogP contribution in [0, 0.1) is 0 Å². The van der Waals surface area contributed by atoms with Gasteiger partial charge in [-0.15, -0.1) is 0 Å². The van der Waals surface area contributed by atoms with E-state index in [1.54, 1.807) is 37.3 Å². The van der Waals surface area contributed by atoms with Crippen molar-refractivity contribution in [3.8, 4) is 0 Å². The van der Waals surface area contributed by atoms with Crippen molar-refractivity contribution < 1.29 is 22.4 Å². The van der Waals surface area contributed by atoms with Gasteiger partial charge in [0, 0.05) is 10.7 Å². The zero-order valence-electron chi connectivity index (χ0n) is 10.7. The summed E-state index contributed by atoms with van der Waals surface area (Å²) in [6.07, 6.45) is 1.44. The molecule has 0 N–H and O–H groups in total. The molecule has 1 heterocycles. The minimum absolute atomic E-state index is 0.136. The quantitative estimate of drug-likeness (QED) is 0.642. The molecule has 0 bridgehead atoms. The predicted molar refractivity (Wildman–Crippen MR) is 74.1 cm³/mol. The van der Waals surface area contributed by atoms with Gasteiger partial charge in [-0.25, -0.2) is 13.2 Å². The van der Waals surface area contributed by atoms with Crippen LogP contribution >= 0.6 is 10.7 Å². The van der Waals surface area contributed by atoms with Gasteiger partial charge in [-0.2, -0.15) is 0 Å². The van der Waals surface area contributed by atoms with Crippen molar-refractivity contribution in [3.05, 3.63) is 54.5 Å². The van der Waals surface area contributed by atoms with Crippen molar-refractivity contribution >= 4 is 25.7 Å². The fourth-order valence-corrected chi connectivity index (χ4v) is 1.97. The van der Waals surface area contributed by atoms with Gasteiger partial charge in [0.25, 0.3) is 9.05 Å². The van der Waals surface area contributed by atoms with Gasteiger partial charge >= 0.3 is 5.97 Å². The molecular weight excluding hydrogens is 304 g/mol. The lowest BCUT2D eigenvalue weighted by Gasteiger charge is -1.95. The Morgan fingerprint density at radius 3 is 2.25 bits per heavy atom. The van der Waals surface area contributed by atoms with Crippen LogP contribution in [0.1, 0.15) is 17.5 Å². The molecule has 0 atom stereocenters. The number of esters is 1. The molecule has 5 nitrogen and oxygen atoms in total. The summed E-state index contributed by atoms with van der Waals surface area (Å²) >= 11 is 0. The Labute approximate surface area is 121 Å². The number of furan rings is 1. The predicted octanol–water partition coefficient (Wildman–Crippen LogP) is 3.07. The molecule has 0 saturated carbocycles. The van der Waals surface area contributed by atoms with Crippen LogP contribution in [0.4, 0.5) is 0 Å². The van der Waals surface area contributed by atoms with Crippen LogP contribution in [0.2, 0.25) is 0 Å². The van der Waals surface area contributed by atoms with E-state index in [9.17, 15) is 13.2 Å². The second kappa shape index (κ2) is 7.72. The van der Waals surface area contributed by atoms with Crippen LogP contribution in [0.25, 0.3) is 0 Å². The molecule has 2 rings (SSSR count). The SMILES string of the molecule is CCOC(=O)c1ccco1.O=S(=O)(Cl)c1ccccc1. The van der Waals surface area contributed by atoms with E-state index in [4.69, 9.17) is 15.1 Å². The Balaban J connectivity index is 0.000000200. The van der Waals surface area contributed by atoms with Crippen molar-refractivity contribution in [2.75, 3.05) is 6.61 Å². The second-order valence-corrected chi connectivity index (χ2v) is 6.01. The summed E-state index contributed by atoms with van der Waals surface area (Å²) < 4.78 is 30.6. The average molecular weight is 317 g/mol. The maximum Gasteiger partial charge on any atom is 0.374 e. The highest BCUT2D eigenvalue weighted by Gasteiger charge is 2.07. The monoisotopic (exact) mass is 316 g/mol. The minimum Gasteiger partial charge on any atom is -0.460 e. The average Bonchev–Trinajstić information content (AvgIpc) is 2.94. The van der Waals surface area contributed by atoms with Crippen molar-refractivity contribution in [2.24, 2.45) is 0 Å². The van der Waals surface area contributed by atoms with Gasteiger partial charge in [-0.1, -0.05) is 18.2 Å². The lowest BCUT2D eigenvalue weighted by atomic mass is 10.4. The van der Waals surface area contributed by atoms with Crippen molar-refractivity contribution in [3.63, 3.8) is 0 Å². The zero-order chi connectivity index (χ0) is 15.0. The second-order valence-electron chi connectivity index (χ2n) is 3.45. The topological polar surface area (TPSA) is 73.6 Å². The Morgan fingerprint density at radius 2 is 1.85 bits per heavy atom. The van der Waals surface area contributed by atoms with Gasteiger partial charge in [0.2, 0.25) is 5.76 Å². The van der Waals surface area contributed by atoms with Gasteiger partial charge < -0.3 is 9.15 Å². The highest BCUT2D eigenvalue weighted by molar-refractivity contribution is 8.13. The highest BCUT2D eigenvalue weighted by Crippen LogP contribution is 2.12. The molecule has 0 aliphatic carbocycles. The summed E-state index contributed by atoms with van der Waals surface area (Å²) in [5.74, 6) is -0.158. The molecule has 0 aliphatic rings. The van der Waals surface area contributed by atoms with Gasteiger partial charge in [-0.05, 0) is 31.2 Å². The molecule has 2 aromatic rings. The van der Waals surface area contributed by atoms with Gasteiger partial charge in [-0.3, -0.25) is 0 Å². The van der Waals surface area contributed by atoms with Crippen molar-refractivity contribution in [2.45, 2.75) is 11.8 Å². The van der Waals surface area contributed by atoms with E-state index in [0.717, 1.165) is 0 Å². The summed E-state index contributed by atoms with van der Waals surface area (Å²) in [6, 6.07) is 11.1. The molecule has 7 heteroatoms. The molecule has 0 amide bonds. The van der Waals surface area contributed by atoms with Gasteiger partial charge in [0.1, 0.15) is 0 Å². The minimum atomic E-state index is -3.53. The third-order valence-corrected chi connectivity index (χ3v) is 3.39. The molecule has 0 radical (unpaired) electrons. The van der Waals surface area contributed by atoms with E-state index >= 15 is 0 Å². The summed E-state index contributed by atoms with van der Waals surface area (Å²) in [6.45, 7) is 2.13. The number of ether oxygens (including phenoxy) is 1. The van der Waals surface area contributed by atoms with E-state index < -0.39 is 15.0 Å². The molecular formula is C13H13ClO5S. The maximum atomic E-state index is 10.8. The first-order chi connectivity index (χ1) is 9.45. The Bertz CT molecular complexity index is 620. The molecule has 1 aromatic heterocycles. The standard InChI is InChI=1S/C7H8O3.C6H5ClO2S/c1-2-9-7(8)6-4-3-5-10-6;7-10(8,9)6-4-2-1-3-5-6/h3-5H,2H2,1H3;1-5H. The molecule has 0 unspecified atom stereocenters. The third-order valence-electron chi connectivity index (χ3n) is 2.02. The van der Waals surface area contributed by atoms with Crippen molar-refractivity contribution in [1.82, 2.24) is 0 Å². The van der Waals surface area contributed by atoms with Crippen LogP contribution in [0.5, 0.6) is 0 Å². The van der Waals surface area contributed by atoms with Crippen LogP contribution in [0.15, 0.2) is 58.0 Å². The summed E-state index contributed by atoms with van der Waals surface area (Å²) in [7, 11) is 1.50. The van der Waals surface area contributed by atoms with Gasteiger partial charge in [0.05, 0.1) is 17.8 Å². The third kappa shape index (κ3) is 5.46. The molecule has 108 valence electrons. The first kappa shape index (κ1) is 16.3. The Morgan fingerprint density at radius 1 is 1.20 bits per heavy atom. The number of carbonyl (C=O) groups excluding carboxylic acids is 1. The molecule has 20 heavy (non-hydrogen) atoms. The van der Waals surface area contributed by atoms with Gasteiger partial charge in [0.15, 0.2) is 0 Å². The normalized spacial score (nSPS) is 10.3. The number of rotatable bonds is 3. The lowest BCUT2D eigenvalue weighted by molar-refractivity contribution is 0.0490. The van der Waals surface area contributed by atoms with Crippen LogP contribution in [-0.4, -0.2) is 21.0 Å². The fraction of sp³-hybridized carbons (Fsp3) is 0.154. The van der Waals surface area contributed by atoms with Crippen molar-refractivity contribution in [1.29, 1.82) is 0 Å². The van der Waals surface area contributed by atoms with E-state index in [1.807, 2.05) is 0 Å². The molecule has 0 saturated heterocycles. The van der Waals surface area contributed by atoms with E-state index in [1.165, 1.54) is 18.4 Å². The molecule has 0 aliphatic heterocycles. The zero-order valence-corrected chi connectivity index (χ0v) is 12.2. The van der Waals surface area contributed by atoms with E-state index in [0.29, 0.717) is 6.61 Å². The number of hydrogen-bond acceptors (Lipinski definition) is 5. The fourth-order valence-electron chi connectivity index (χ4n) is 1.18. The summed E-state index contributed by atoms with van der Waals surface area (Å²) in [4.78, 5) is 10.9. The summed E-state index contributed by atoms with van der Waals surface area (Å²) in [5.41, 5.74) is 0. The molecule has 1 aromatic carbocycles. The summed E-state index contributed by atoms with van der Waals surface area (Å²) in [5, 5.41) is 0. The first-order valence-electron chi connectivity index (χ1n) is 5.65. The molecule has 0 spiro atoms. The maximum absolute atomic E-state index is 10.8. The van der Waals surface area contributed by atoms with E-state index in [2.05, 4.69) is 4.74 Å². The Kier molecular flexibility index (Phi) is 6.27. The number of carbonyl (C=O) groups is 1. The van der Waals surface area contributed by atoms with Crippen LogP contribution in [0.3, 0.4) is 0 Å². The number of halogens is 1. The lowest BCUT2D eigenvalue weighted by Crippen LogP contribution is -2.02. The van der Waals surface area contributed by atoms with Crippen LogP contribution in [-0.2, 0) is 13.8 Å². The smallest absolute Gasteiger partial charge is 0.374 e.